The Balaban J connectivity index is 3.27. The minimum atomic E-state index is -0.620. The molecule has 1 aliphatic heterocycles. The van der Waals surface area contributed by atoms with Crippen molar-refractivity contribution in [3.63, 3.8) is 0 Å². The number of rotatable bonds is 4. The van der Waals surface area contributed by atoms with Crippen molar-refractivity contribution in [1.82, 2.24) is 4.90 Å². The van der Waals surface area contributed by atoms with Gasteiger partial charge in [-0.1, -0.05) is 72.4 Å². The molecule has 0 saturated carbocycles. The standard InChI is InChI=1S/C16H27NO2S2/c1-8-15(5,6)16(7,10-14(2,3)4)12(19)17-11(18)9-21-13(17)20/h8-10H2,1-7H3. The lowest BCUT2D eigenvalue weighted by atomic mass is 9.58. The van der Waals surface area contributed by atoms with Crippen molar-refractivity contribution in [3.05, 3.63) is 0 Å². The van der Waals surface area contributed by atoms with E-state index < -0.39 is 5.41 Å². The van der Waals surface area contributed by atoms with Crippen LogP contribution in [0.2, 0.25) is 0 Å². The fraction of sp³-hybridized carbons (Fsp3) is 0.812. The van der Waals surface area contributed by atoms with Crippen LogP contribution in [-0.2, 0) is 9.59 Å². The highest BCUT2D eigenvalue weighted by atomic mass is 32.2. The van der Waals surface area contributed by atoms with Crippen molar-refractivity contribution >= 4 is 40.1 Å². The quantitative estimate of drug-likeness (QED) is 0.723. The summed E-state index contributed by atoms with van der Waals surface area (Å²) in [5, 5.41) is 0. The Bertz CT molecular complexity index is 449. The Morgan fingerprint density at radius 1 is 1.24 bits per heavy atom. The Morgan fingerprint density at radius 2 is 1.76 bits per heavy atom. The van der Waals surface area contributed by atoms with Crippen molar-refractivity contribution in [2.75, 3.05) is 5.75 Å². The molecule has 0 aliphatic carbocycles. The summed E-state index contributed by atoms with van der Waals surface area (Å²) in [5.74, 6) is -0.0331. The van der Waals surface area contributed by atoms with E-state index in [0.717, 1.165) is 12.8 Å². The SMILES string of the molecule is CCC(C)(C)C(C)(CC(C)(C)C)C(=O)N1C(=O)CSC1=S. The van der Waals surface area contributed by atoms with E-state index in [9.17, 15) is 9.59 Å². The fourth-order valence-corrected chi connectivity index (χ4v) is 3.90. The van der Waals surface area contributed by atoms with Gasteiger partial charge in [0.1, 0.15) is 4.32 Å². The summed E-state index contributed by atoms with van der Waals surface area (Å²) in [6.07, 6.45) is 1.59. The van der Waals surface area contributed by atoms with Crippen molar-refractivity contribution in [3.8, 4) is 0 Å². The fourth-order valence-electron chi connectivity index (χ4n) is 2.85. The van der Waals surface area contributed by atoms with Crippen LogP contribution < -0.4 is 0 Å². The van der Waals surface area contributed by atoms with Gasteiger partial charge in [0.05, 0.1) is 11.2 Å². The summed E-state index contributed by atoms with van der Waals surface area (Å²) >= 11 is 6.49. The lowest BCUT2D eigenvalue weighted by Gasteiger charge is -2.47. The van der Waals surface area contributed by atoms with Gasteiger partial charge >= 0.3 is 0 Å². The summed E-state index contributed by atoms with van der Waals surface area (Å²) in [7, 11) is 0. The van der Waals surface area contributed by atoms with Gasteiger partial charge in [-0.2, -0.15) is 0 Å². The zero-order chi connectivity index (χ0) is 16.6. The maximum Gasteiger partial charge on any atom is 0.245 e. The van der Waals surface area contributed by atoms with E-state index >= 15 is 0 Å². The predicted octanol–water partition coefficient (Wildman–Crippen LogP) is 4.25. The Labute approximate surface area is 138 Å². The van der Waals surface area contributed by atoms with Crippen molar-refractivity contribution in [1.29, 1.82) is 0 Å². The Kier molecular flexibility index (Phi) is 5.32. The molecule has 0 spiro atoms. The maximum absolute atomic E-state index is 13.2. The van der Waals surface area contributed by atoms with Gasteiger partial charge < -0.3 is 0 Å². The van der Waals surface area contributed by atoms with E-state index in [1.807, 2.05) is 6.92 Å². The average molecular weight is 330 g/mol. The normalized spacial score (nSPS) is 19.9. The van der Waals surface area contributed by atoms with E-state index in [2.05, 4.69) is 41.5 Å². The van der Waals surface area contributed by atoms with Gasteiger partial charge in [-0.25, -0.2) is 4.90 Å². The largest absolute Gasteiger partial charge is 0.273 e. The molecule has 0 bridgehead atoms. The van der Waals surface area contributed by atoms with E-state index in [0.29, 0.717) is 4.32 Å². The van der Waals surface area contributed by atoms with Gasteiger partial charge in [0.15, 0.2) is 0 Å². The second kappa shape index (κ2) is 5.99. The third-order valence-electron chi connectivity index (χ3n) is 4.69. The molecule has 0 aromatic rings. The van der Waals surface area contributed by atoms with Crippen LogP contribution in [0, 0.1) is 16.2 Å². The number of carbonyl (C=O) groups excluding carboxylic acids is 2. The molecule has 1 atom stereocenters. The van der Waals surface area contributed by atoms with Gasteiger partial charge in [0, 0.05) is 0 Å². The molecule has 1 aliphatic rings. The molecule has 1 unspecified atom stereocenters. The minimum Gasteiger partial charge on any atom is -0.273 e. The second-order valence-corrected chi connectivity index (χ2v) is 9.51. The first kappa shape index (κ1) is 18.6. The number of thiocarbonyl (C=S) groups is 1. The first-order valence-corrected chi connectivity index (χ1v) is 8.79. The van der Waals surface area contributed by atoms with E-state index in [1.54, 1.807) is 0 Å². The average Bonchev–Trinajstić information content (AvgIpc) is 2.65. The highest BCUT2D eigenvalue weighted by Gasteiger charge is 2.52. The molecule has 1 heterocycles. The summed E-state index contributed by atoms with van der Waals surface area (Å²) in [6.45, 7) is 14.7. The zero-order valence-electron chi connectivity index (χ0n) is 14.2. The molecule has 120 valence electrons. The van der Waals surface area contributed by atoms with Crippen LogP contribution >= 0.6 is 24.0 Å². The van der Waals surface area contributed by atoms with E-state index in [1.165, 1.54) is 16.7 Å². The van der Waals surface area contributed by atoms with Crippen LogP contribution in [-0.4, -0.2) is 26.8 Å². The molecular weight excluding hydrogens is 302 g/mol. The van der Waals surface area contributed by atoms with E-state index in [-0.39, 0.29) is 28.4 Å². The van der Waals surface area contributed by atoms with Gasteiger partial charge in [-0.15, -0.1) is 0 Å². The molecule has 0 aromatic carbocycles. The number of amides is 2. The first-order valence-electron chi connectivity index (χ1n) is 7.40. The van der Waals surface area contributed by atoms with Crippen LogP contribution in [0.1, 0.15) is 61.3 Å². The van der Waals surface area contributed by atoms with Crippen LogP contribution in [0.3, 0.4) is 0 Å². The molecule has 0 radical (unpaired) electrons. The van der Waals surface area contributed by atoms with Gasteiger partial charge in [0.2, 0.25) is 11.8 Å². The van der Waals surface area contributed by atoms with Gasteiger partial charge in [-0.05, 0) is 23.7 Å². The zero-order valence-corrected chi connectivity index (χ0v) is 15.8. The van der Waals surface area contributed by atoms with Gasteiger partial charge in [0.25, 0.3) is 0 Å². The highest BCUT2D eigenvalue weighted by Crippen LogP contribution is 2.50. The molecule has 5 heteroatoms. The third-order valence-corrected chi connectivity index (χ3v) is 6.04. The minimum absolute atomic E-state index is 0.00557. The monoisotopic (exact) mass is 329 g/mol. The Morgan fingerprint density at radius 3 is 2.10 bits per heavy atom. The first-order chi connectivity index (χ1) is 9.35. The lowest BCUT2D eigenvalue weighted by Crippen LogP contribution is -2.52. The highest BCUT2D eigenvalue weighted by molar-refractivity contribution is 8.24. The number of imide groups is 1. The molecule has 1 fully saturated rings. The van der Waals surface area contributed by atoms with Crippen molar-refractivity contribution in [2.24, 2.45) is 16.2 Å². The lowest BCUT2D eigenvalue weighted by molar-refractivity contribution is -0.152. The molecule has 3 nitrogen and oxygen atoms in total. The van der Waals surface area contributed by atoms with Crippen molar-refractivity contribution < 1.29 is 9.59 Å². The van der Waals surface area contributed by atoms with Crippen LogP contribution in [0.25, 0.3) is 0 Å². The number of nitrogens with zero attached hydrogens (tertiary/aromatic N) is 1. The Hall–Kier alpha value is -0.420. The second-order valence-electron chi connectivity index (χ2n) is 7.90. The summed E-state index contributed by atoms with van der Waals surface area (Å²) in [6, 6.07) is 0. The molecule has 1 saturated heterocycles. The number of carbonyl (C=O) groups is 2. The molecule has 0 N–H and O–H groups in total. The molecule has 2 amide bonds. The summed E-state index contributed by atoms with van der Waals surface area (Å²) in [4.78, 5) is 26.5. The number of hydrogen-bond acceptors (Lipinski definition) is 4. The van der Waals surface area contributed by atoms with Gasteiger partial charge in [-0.3, -0.25) is 9.59 Å². The van der Waals surface area contributed by atoms with Crippen molar-refractivity contribution in [2.45, 2.75) is 61.3 Å². The number of thioether (sulfide) groups is 1. The smallest absolute Gasteiger partial charge is 0.245 e. The van der Waals surface area contributed by atoms with Crippen LogP contribution in [0.4, 0.5) is 0 Å². The maximum atomic E-state index is 13.2. The van der Waals surface area contributed by atoms with E-state index in [4.69, 9.17) is 12.2 Å². The number of hydrogen-bond donors (Lipinski definition) is 0. The molecule has 21 heavy (non-hydrogen) atoms. The third kappa shape index (κ3) is 3.67. The molecule has 0 aromatic heterocycles. The molecular formula is C16H27NO2S2. The van der Waals surface area contributed by atoms with Crippen LogP contribution in [0.5, 0.6) is 0 Å². The summed E-state index contributed by atoms with van der Waals surface area (Å²) < 4.78 is 0.400. The molecule has 1 rings (SSSR count). The summed E-state index contributed by atoms with van der Waals surface area (Å²) in [5.41, 5.74) is -0.834. The predicted molar refractivity (Wildman–Crippen MR) is 93.2 cm³/mol. The van der Waals surface area contributed by atoms with Crippen LogP contribution in [0.15, 0.2) is 0 Å². The topological polar surface area (TPSA) is 37.4 Å².